The molecule has 0 aliphatic heterocycles. The maximum absolute atomic E-state index is 13.6. The third kappa shape index (κ3) is 2.97. The molecule has 0 amide bonds. The van der Waals surface area contributed by atoms with Crippen LogP contribution in [0.4, 0.5) is 10.1 Å². The van der Waals surface area contributed by atoms with Crippen LogP contribution in [0.3, 0.4) is 0 Å². The van der Waals surface area contributed by atoms with Gasteiger partial charge in [0.25, 0.3) is 0 Å². The highest BCUT2D eigenvalue weighted by Crippen LogP contribution is 2.20. The SMILES string of the molecule is Nc1cccc(COc2cccc(Br)c2)c1F. The summed E-state index contributed by atoms with van der Waals surface area (Å²) in [4.78, 5) is 0. The van der Waals surface area contributed by atoms with Gasteiger partial charge in [-0.3, -0.25) is 0 Å². The van der Waals surface area contributed by atoms with Gasteiger partial charge in [0, 0.05) is 10.0 Å². The molecule has 2 aromatic carbocycles. The van der Waals surface area contributed by atoms with E-state index in [9.17, 15) is 4.39 Å². The van der Waals surface area contributed by atoms with Crippen molar-refractivity contribution in [1.82, 2.24) is 0 Å². The van der Waals surface area contributed by atoms with E-state index in [-0.39, 0.29) is 12.3 Å². The predicted molar refractivity (Wildman–Crippen MR) is 69.3 cm³/mol. The first-order valence-corrected chi connectivity index (χ1v) is 5.87. The molecular weight excluding hydrogens is 285 g/mol. The summed E-state index contributed by atoms with van der Waals surface area (Å²) in [6.45, 7) is 0.160. The highest BCUT2D eigenvalue weighted by atomic mass is 79.9. The molecule has 0 fully saturated rings. The summed E-state index contributed by atoms with van der Waals surface area (Å²) in [5, 5.41) is 0. The Morgan fingerprint density at radius 2 is 1.94 bits per heavy atom. The predicted octanol–water partition coefficient (Wildman–Crippen LogP) is 3.75. The van der Waals surface area contributed by atoms with Gasteiger partial charge in [-0.25, -0.2) is 4.39 Å². The fraction of sp³-hybridized carbons (Fsp3) is 0.0769. The topological polar surface area (TPSA) is 35.2 Å². The number of hydrogen-bond donors (Lipinski definition) is 1. The van der Waals surface area contributed by atoms with Crippen LogP contribution >= 0.6 is 15.9 Å². The molecule has 2 rings (SSSR count). The molecule has 0 saturated heterocycles. The molecule has 0 unspecified atom stereocenters. The fourth-order valence-electron chi connectivity index (χ4n) is 1.43. The summed E-state index contributed by atoms with van der Waals surface area (Å²) in [6, 6.07) is 12.3. The minimum Gasteiger partial charge on any atom is -0.489 e. The van der Waals surface area contributed by atoms with Gasteiger partial charge in [-0.15, -0.1) is 0 Å². The van der Waals surface area contributed by atoms with E-state index in [0.29, 0.717) is 11.3 Å². The minimum absolute atomic E-state index is 0.139. The van der Waals surface area contributed by atoms with Crippen molar-refractivity contribution in [3.05, 3.63) is 58.3 Å². The first kappa shape index (κ1) is 11.9. The van der Waals surface area contributed by atoms with E-state index in [1.165, 1.54) is 6.07 Å². The summed E-state index contributed by atoms with van der Waals surface area (Å²) in [6.07, 6.45) is 0. The molecule has 17 heavy (non-hydrogen) atoms. The number of nitrogen functional groups attached to an aromatic ring is 1. The third-order valence-electron chi connectivity index (χ3n) is 2.30. The van der Waals surface area contributed by atoms with E-state index in [4.69, 9.17) is 10.5 Å². The number of rotatable bonds is 3. The number of nitrogens with two attached hydrogens (primary N) is 1. The second-order valence-corrected chi connectivity index (χ2v) is 4.48. The largest absolute Gasteiger partial charge is 0.489 e. The molecule has 2 nitrogen and oxygen atoms in total. The van der Waals surface area contributed by atoms with Crippen molar-refractivity contribution in [2.24, 2.45) is 0 Å². The molecule has 0 atom stereocenters. The second kappa shape index (κ2) is 5.19. The van der Waals surface area contributed by atoms with Gasteiger partial charge in [0.15, 0.2) is 5.82 Å². The van der Waals surface area contributed by atoms with Crippen LogP contribution in [0.2, 0.25) is 0 Å². The molecule has 2 N–H and O–H groups in total. The van der Waals surface area contributed by atoms with Crippen LogP contribution < -0.4 is 10.5 Å². The summed E-state index contributed by atoms with van der Waals surface area (Å²) >= 11 is 3.34. The summed E-state index contributed by atoms with van der Waals surface area (Å²) in [7, 11) is 0. The van der Waals surface area contributed by atoms with Gasteiger partial charge in [-0.05, 0) is 24.3 Å². The molecule has 88 valence electrons. The van der Waals surface area contributed by atoms with Gasteiger partial charge in [-0.2, -0.15) is 0 Å². The Morgan fingerprint density at radius 1 is 1.18 bits per heavy atom. The van der Waals surface area contributed by atoms with Crippen molar-refractivity contribution >= 4 is 21.6 Å². The van der Waals surface area contributed by atoms with Crippen LogP contribution in [0.1, 0.15) is 5.56 Å². The molecule has 0 aliphatic carbocycles. The third-order valence-corrected chi connectivity index (χ3v) is 2.79. The highest BCUT2D eigenvalue weighted by Gasteiger charge is 2.05. The number of hydrogen-bond acceptors (Lipinski definition) is 2. The lowest BCUT2D eigenvalue weighted by Gasteiger charge is -2.08. The zero-order valence-corrected chi connectivity index (χ0v) is 10.6. The van der Waals surface area contributed by atoms with Gasteiger partial charge in [0.2, 0.25) is 0 Å². The van der Waals surface area contributed by atoms with Crippen LogP contribution in [0.15, 0.2) is 46.9 Å². The second-order valence-electron chi connectivity index (χ2n) is 3.57. The van der Waals surface area contributed by atoms with Gasteiger partial charge in [-0.1, -0.05) is 34.1 Å². The van der Waals surface area contributed by atoms with E-state index < -0.39 is 5.82 Å². The molecule has 4 heteroatoms. The van der Waals surface area contributed by atoms with Gasteiger partial charge in [0.1, 0.15) is 12.4 Å². The van der Waals surface area contributed by atoms with Gasteiger partial charge in [0.05, 0.1) is 5.69 Å². The fourth-order valence-corrected chi connectivity index (χ4v) is 1.81. The standard InChI is InChI=1S/C13H11BrFNO/c14-10-4-2-5-11(7-10)17-8-9-3-1-6-12(16)13(9)15/h1-7H,8,16H2. The molecule has 0 radical (unpaired) electrons. The first-order chi connectivity index (χ1) is 8.16. The maximum Gasteiger partial charge on any atom is 0.152 e. The van der Waals surface area contributed by atoms with Crippen molar-refractivity contribution in [1.29, 1.82) is 0 Å². The molecular formula is C13H11BrFNO. The van der Waals surface area contributed by atoms with Crippen LogP contribution in [0.5, 0.6) is 5.75 Å². The Kier molecular flexibility index (Phi) is 3.64. The number of benzene rings is 2. The minimum atomic E-state index is -0.414. The van der Waals surface area contributed by atoms with Crippen molar-refractivity contribution < 1.29 is 9.13 Å². The molecule has 2 aromatic rings. The average molecular weight is 296 g/mol. The van der Waals surface area contributed by atoms with E-state index >= 15 is 0 Å². The van der Waals surface area contributed by atoms with Crippen LogP contribution in [-0.2, 0) is 6.61 Å². The summed E-state index contributed by atoms with van der Waals surface area (Å²) in [5.74, 6) is 0.267. The lowest BCUT2D eigenvalue weighted by molar-refractivity contribution is 0.300. The van der Waals surface area contributed by atoms with E-state index in [0.717, 1.165) is 4.47 Å². The van der Waals surface area contributed by atoms with Crippen molar-refractivity contribution in [2.75, 3.05) is 5.73 Å². The molecule has 0 saturated carbocycles. The number of halogens is 2. The summed E-state index contributed by atoms with van der Waals surface area (Å²) < 4.78 is 20.0. The van der Waals surface area contributed by atoms with E-state index in [1.807, 2.05) is 24.3 Å². The maximum atomic E-state index is 13.6. The molecule has 0 aliphatic rings. The molecule has 0 spiro atoms. The quantitative estimate of drug-likeness (QED) is 0.875. The first-order valence-electron chi connectivity index (χ1n) is 5.08. The normalized spacial score (nSPS) is 10.2. The van der Waals surface area contributed by atoms with E-state index in [2.05, 4.69) is 15.9 Å². The molecule has 0 bridgehead atoms. The lowest BCUT2D eigenvalue weighted by atomic mass is 10.2. The monoisotopic (exact) mass is 295 g/mol. The van der Waals surface area contributed by atoms with Crippen LogP contribution in [0, 0.1) is 5.82 Å². The number of anilines is 1. The smallest absolute Gasteiger partial charge is 0.152 e. The van der Waals surface area contributed by atoms with E-state index in [1.54, 1.807) is 12.1 Å². The molecule has 0 aromatic heterocycles. The Balaban J connectivity index is 2.10. The Bertz CT molecular complexity index is 531. The zero-order chi connectivity index (χ0) is 12.3. The van der Waals surface area contributed by atoms with Crippen molar-refractivity contribution in [3.63, 3.8) is 0 Å². The Hall–Kier alpha value is -1.55. The molecule has 0 heterocycles. The Labute approximate surface area is 107 Å². The lowest BCUT2D eigenvalue weighted by Crippen LogP contribution is -2.01. The zero-order valence-electron chi connectivity index (χ0n) is 8.99. The average Bonchev–Trinajstić information content (AvgIpc) is 2.31. The van der Waals surface area contributed by atoms with Crippen LogP contribution in [-0.4, -0.2) is 0 Å². The van der Waals surface area contributed by atoms with Gasteiger partial charge < -0.3 is 10.5 Å². The number of ether oxygens (including phenoxy) is 1. The van der Waals surface area contributed by atoms with Crippen LogP contribution in [0.25, 0.3) is 0 Å². The summed E-state index contributed by atoms with van der Waals surface area (Å²) in [5.41, 5.74) is 6.06. The highest BCUT2D eigenvalue weighted by molar-refractivity contribution is 9.10. The van der Waals surface area contributed by atoms with Crippen molar-refractivity contribution in [3.8, 4) is 5.75 Å². The van der Waals surface area contributed by atoms with Crippen molar-refractivity contribution in [2.45, 2.75) is 6.61 Å². The van der Waals surface area contributed by atoms with Gasteiger partial charge >= 0.3 is 0 Å². The Morgan fingerprint density at radius 3 is 2.71 bits per heavy atom.